The van der Waals surface area contributed by atoms with Crippen molar-refractivity contribution in [3.05, 3.63) is 192 Å². The second kappa shape index (κ2) is 13.4. The quantitative estimate of drug-likeness (QED) is 0.172. The second-order valence-electron chi connectivity index (χ2n) is 15.5. The van der Waals surface area contributed by atoms with Crippen molar-refractivity contribution in [3.63, 3.8) is 0 Å². The molecule has 5 aromatic heterocycles. The number of para-hydroxylation sites is 4. The van der Waals surface area contributed by atoms with E-state index >= 15 is 0 Å². The van der Waals surface area contributed by atoms with Crippen LogP contribution >= 0.6 is 11.3 Å². The van der Waals surface area contributed by atoms with E-state index in [9.17, 15) is 4.79 Å². The number of hydrogen-bond donors (Lipinski definition) is 0. The van der Waals surface area contributed by atoms with Crippen molar-refractivity contribution in [2.24, 2.45) is 0 Å². The average molecular weight is 815 g/mol. The highest BCUT2D eigenvalue weighted by molar-refractivity contribution is 7.23. The molecule has 0 radical (unpaired) electrons. The number of furan rings is 1. The Balaban J connectivity index is 0.987. The van der Waals surface area contributed by atoms with Crippen molar-refractivity contribution >= 4 is 81.2 Å². The lowest BCUT2D eigenvalue weighted by Gasteiger charge is -2.11. The van der Waals surface area contributed by atoms with Gasteiger partial charge in [-0.3, -0.25) is 9.36 Å². The van der Waals surface area contributed by atoms with Crippen LogP contribution in [0.4, 0.5) is 0 Å². The maximum absolute atomic E-state index is 14.0. The fourth-order valence-corrected chi connectivity index (χ4v) is 9.86. The van der Waals surface area contributed by atoms with Gasteiger partial charge in [-0.15, -0.1) is 0 Å². The van der Waals surface area contributed by atoms with E-state index < -0.39 is 0 Å². The lowest BCUT2D eigenvalue weighted by atomic mass is 10.0. The van der Waals surface area contributed by atoms with Crippen LogP contribution in [0.5, 0.6) is 0 Å². The predicted molar refractivity (Wildman–Crippen MR) is 251 cm³/mol. The second-order valence-corrected chi connectivity index (χ2v) is 16.5. The first-order valence-corrected chi connectivity index (χ1v) is 21.1. The molecule has 0 aliphatic rings. The molecule has 0 saturated heterocycles. The van der Waals surface area contributed by atoms with Gasteiger partial charge < -0.3 is 4.42 Å². The Kier molecular flexibility index (Phi) is 7.46. The fourth-order valence-electron chi connectivity index (χ4n) is 8.85. The summed E-state index contributed by atoms with van der Waals surface area (Å²) in [5, 5.41) is 4.86. The predicted octanol–water partition coefficient (Wildman–Crippen LogP) is 12.9. The molecule has 0 atom stereocenters. The Morgan fingerprint density at radius 1 is 0.419 bits per heavy atom. The van der Waals surface area contributed by atoms with E-state index in [1.165, 1.54) is 11.3 Å². The van der Waals surface area contributed by atoms with Crippen LogP contribution in [0, 0.1) is 0 Å². The summed E-state index contributed by atoms with van der Waals surface area (Å²) < 4.78 is 11.1. The third-order valence-electron chi connectivity index (χ3n) is 11.9. The van der Waals surface area contributed by atoms with Crippen molar-refractivity contribution in [2.75, 3.05) is 0 Å². The Morgan fingerprint density at radius 2 is 1.03 bits per heavy atom. The Bertz CT molecular complexity index is 4020. The third-order valence-corrected chi connectivity index (χ3v) is 12.9. The van der Waals surface area contributed by atoms with Gasteiger partial charge in [0.25, 0.3) is 5.56 Å². The van der Waals surface area contributed by atoms with Gasteiger partial charge in [0.05, 0.1) is 27.5 Å². The SMILES string of the molecule is O=c1c2cc(-c3ccc4c(c3)c3ccccc3n4-c3nc(-c4ccc(-c5ccccc5)cc4)nc(-c4ccc5c(c4)oc4ccccc45)n3)ccc2sc2nc3ccccc3n12. The first-order valence-electron chi connectivity index (χ1n) is 20.3. The van der Waals surface area contributed by atoms with Gasteiger partial charge in [-0.2, -0.15) is 9.97 Å². The van der Waals surface area contributed by atoms with E-state index in [4.69, 9.17) is 24.4 Å². The van der Waals surface area contributed by atoms with Gasteiger partial charge in [0, 0.05) is 37.4 Å². The van der Waals surface area contributed by atoms with Crippen LogP contribution in [-0.4, -0.2) is 28.9 Å². The summed E-state index contributed by atoms with van der Waals surface area (Å²) in [4.78, 5) is 35.0. The van der Waals surface area contributed by atoms with Crippen molar-refractivity contribution in [2.45, 2.75) is 0 Å². The maximum Gasteiger partial charge on any atom is 0.266 e. The zero-order valence-corrected chi connectivity index (χ0v) is 33.5. The summed E-state index contributed by atoms with van der Waals surface area (Å²) in [6, 6.07) is 61.6. The topological polar surface area (TPSA) is 91.1 Å². The van der Waals surface area contributed by atoms with Crippen LogP contribution < -0.4 is 5.56 Å². The molecule has 0 spiro atoms. The van der Waals surface area contributed by atoms with Crippen LogP contribution in [0.25, 0.3) is 121 Å². The van der Waals surface area contributed by atoms with E-state index in [-0.39, 0.29) is 5.56 Å². The number of rotatable bonds is 5. The number of hydrogen-bond acceptors (Lipinski definition) is 7. The number of imidazole rings is 1. The summed E-state index contributed by atoms with van der Waals surface area (Å²) >= 11 is 1.52. The first-order chi connectivity index (χ1) is 30.6. The highest BCUT2D eigenvalue weighted by Gasteiger charge is 2.20. The van der Waals surface area contributed by atoms with E-state index in [1.54, 1.807) is 4.40 Å². The van der Waals surface area contributed by atoms with Crippen LogP contribution in [0.3, 0.4) is 0 Å². The monoisotopic (exact) mass is 814 g/mol. The van der Waals surface area contributed by atoms with Gasteiger partial charge in [-0.25, -0.2) is 14.4 Å². The highest BCUT2D eigenvalue weighted by atomic mass is 32.1. The molecule has 62 heavy (non-hydrogen) atoms. The minimum absolute atomic E-state index is 0.0717. The molecule has 0 fully saturated rings. The van der Waals surface area contributed by atoms with Gasteiger partial charge in [-0.1, -0.05) is 133 Å². The lowest BCUT2D eigenvalue weighted by Crippen LogP contribution is -2.11. The molecule has 0 unspecified atom stereocenters. The molecule has 0 amide bonds. The molecule has 5 heterocycles. The molecule has 8 nitrogen and oxygen atoms in total. The standard InChI is InChI=1S/C53H30N6O2S/c60-51-41-29-35(24-27-48(41)62-53-54-42-14-6-8-16-45(42)59(51)53)34-23-26-44-40(28-34)37-12-4-7-15-43(37)58(44)52-56-49(33-20-18-32(19-21-33)31-10-2-1-3-11-31)55-50(57-52)36-22-25-39-38-13-5-9-17-46(38)61-47(39)30-36/h1-30H. The molecule has 0 aliphatic heterocycles. The van der Waals surface area contributed by atoms with E-state index in [0.717, 1.165) is 92.9 Å². The normalized spacial score (nSPS) is 11.9. The fraction of sp³-hybridized carbons (Fsp3) is 0. The molecular formula is C53H30N6O2S. The molecule has 0 N–H and O–H groups in total. The van der Waals surface area contributed by atoms with E-state index in [1.807, 2.05) is 84.9 Å². The van der Waals surface area contributed by atoms with Gasteiger partial charge in [0.2, 0.25) is 5.95 Å². The molecule has 0 aliphatic carbocycles. The molecule has 290 valence electrons. The van der Waals surface area contributed by atoms with Crippen LogP contribution in [0.1, 0.15) is 0 Å². The van der Waals surface area contributed by atoms with Crippen LogP contribution in [0.15, 0.2) is 191 Å². The molecule has 13 rings (SSSR count). The molecule has 9 heteroatoms. The largest absolute Gasteiger partial charge is 0.456 e. The number of benzene rings is 8. The summed E-state index contributed by atoms with van der Waals surface area (Å²) in [5.41, 5.74) is 11.0. The van der Waals surface area contributed by atoms with Crippen LogP contribution in [-0.2, 0) is 0 Å². The minimum Gasteiger partial charge on any atom is -0.456 e. The Labute approximate surface area is 356 Å². The Morgan fingerprint density at radius 3 is 1.89 bits per heavy atom. The van der Waals surface area contributed by atoms with Crippen molar-refractivity contribution < 1.29 is 4.42 Å². The molecule has 13 aromatic rings. The zero-order chi connectivity index (χ0) is 40.9. The van der Waals surface area contributed by atoms with Gasteiger partial charge in [0.15, 0.2) is 16.6 Å². The van der Waals surface area contributed by atoms with Gasteiger partial charge in [0.1, 0.15) is 11.2 Å². The van der Waals surface area contributed by atoms with Gasteiger partial charge in [-0.05, 0) is 82.9 Å². The number of nitrogens with zero attached hydrogens (tertiary/aromatic N) is 6. The molecule has 0 saturated carbocycles. The first kappa shape index (κ1) is 34.6. The molecular weight excluding hydrogens is 785 g/mol. The lowest BCUT2D eigenvalue weighted by molar-refractivity contribution is 0.669. The summed E-state index contributed by atoms with van der Waals surface area (Å²) in [5.74, 6) is 1.59. The Hall–Kier alpha value is -8.27. The van der Waals surface area contributed by atoms with E-state index in [0.29, 0.717) is 27.9 Å². The molecule has 8 aromatic carbocycles. The van der Waals surface area contributed by atoms with Crippen molar-refractivity contribution in [1.29, 1.82) is 0 Å². The van der Waals surface area contributed by atoms with Crippen LogP contribution in [0.2, 0.25) is 0 Å². The highest BCUT2D eigenvalue weighted by Crippen LogP contribution is 2.37. The number of fused-ring (bicyclic) bond motifs is 10. The average Bonchev–Trinajstić information content (AvgIpc) is 4.01. The van der Waals surface area contributed by atoms with Gasteiger partial charge >= 0.3 is 0 Å². The maximum atomic E-state index is 14.0. The van der Waals surface area contributed by atoms with Crippen molar-refractivity contribution in [1.82, 2.24) is 28.9 Å². The van der Waals surface area contributed by atoms with E-state index in [2.05, 4.69) is 102 Å². The minimum atomic E-state index is -0.0717. The summed E-state index contributed by atoms with van der Waals surface area (Å²) in [6.45, 7) is 0. The summed E-state index contributed by atoms with van der Waals surface area (Å²) in [7, 11) is 0. The smallest absolute Gasteiger partial charge is 0.266 e. The van der Waals surface area contributed by atoms with Crippen molar-refractivity contribution in [3.8, 4) is 51.0 Å². The zero-order valence-electron chi connectivity index (χ0n) is 32.7. The molecule has 0 bridgehead atoms. The number of aromatic nitrogens is 6. The summed E-state index contributed by atoms with van der Waals surface area (Å²) in [6.07, 6.45) is 0. The third kappa shape index (κ3) is 5.35.